The molecule has 1 saturated carbocycles. The molecule has 1 aromatic heterocycles. The van der Waals surface area contributed by atoms with Gasteiger partial charge in [0.2, 0.25) is 5.95 Å². The van der Waals surface area contributed by atoms with Crippen molar-refractivity contribution in [2.75, 3.05) is 37.6 Å². The van der Waals surface area contributed by atoms with Crippen molar-refractivity contribution in [3.8, 4) is 0 Å². The monoisotopic (exact) mass is 261 g/mol. The fraction of sp³-hybridized carbons (Fsp3) is 0.714. The van der Waals surface area contributed by atoms with Crippen molar-refractivity contribution in [1.29, 1.82) is 0 Å². The lowest BCUT2D eigenvalue weighted by atomic mass is 9.68. The van der Waals surface area contributed by atoms with E-state index in [1.165, 1.54) is 12.8 Å². The van der Waals surface area contributed by atoms with Gasteiger partial charge in [-0.2, -0.15) is 0 Å². The number of rotatable bonds is 3. The van der Waals surface area contributed by atoms with E-state index in [1.807, 2.05) is 18.5 Å². The van der Waals surface area contributed by atoms with Crippen LogP contribution in [0.1, 0.15) is 19.8 Å². The highest BCUT2D eigenvalue weighted by Crippen LogP contribution is 2.41. The molecule has 2 heterocycles. The second-order valence-electron chi connectivity index (χ2n) is 5.96. The SMILES string of the molecule is CC1CC(CN)(N2CCN(c3ncccn3)CC2)C1. The molecule has 0 bridgehead atoms. The Labute approximate surface area is 114 Å². The highest BCUT2D eigenvalue weighted by Gasteiger charge is 2.46. The van der Waals surface area contributed by atoms with E-state index < -0.39 is 0 Å². The van der Waals surface area contributed by atoms with E-state index in [0.29, 0.717) is 0 Å². The molecule has 3 rings (SSSR count). The maximum atomic E-state index is 6.03. The first kappa shape index (κ1) is 12.8. The Kier molecular flexibility index (Phi) is 3.41. The van der Waals surface area contributed by atoms with Crippen molar-refractivity contribution in [2.45, 2.75) is 25.3 Å². The van der Waals surface area contributed by atoms with Crippen LogP contribution >= 0.6 is 0 Å². The highest BCUT2D eigenvalue weighted by atomic mass is 15.3. The molecule has 0 unspecified atom stereocenters. The van der Waals surface area contributed by atoms with Crippen LogP contribution in [0.3, 0.4) is 0 Å². The first-order valence-corrected chi connectivity index (χ1v) is 7.21. The van der Waals surface area contributed by atoms with E-state index in [4.69, 9.17) is 5.73 Å². The van der Waals surface area contributed by atoms with Crippen LogP contribution in [0.15, 0.2) is 18.5 Å². The van der Waals surface area contributed by atoms with E-state index in [2.05, 4.69) is 26.7 Å². The third-order valence-corrected chi connectivity index (χ3v) is 4.62. The van der Waals surface area contributed by atoms with Crippen LogP contribution in [-0.4, -0.2) is 53.1 Å². The second-order valence-corrected chi connectivity index (χ2v) is 5.96. The van der Waals surface area contributed by atoms with Gasteiger partial charge in [-0.3, -0.25) is 4.90 Å². The van der Waals surface area contributed by atoms with Gasteiger partial charge in [0.15, 0.2) is 0 Å². The lowest BCUT2D eigenvalue weighted by Crippen LogP contribution is -2.65. The first-order chi connectivity index (χ1) is 9.23. The summed E-state index contributed by atoms with van der Waals surface area (Å²) in [5.41, 5.74) is 6.31. The molecule has 0 spiro atoms. The minimum absolute atomic E-state index is 0.281. The Morgan fingerprint density at radius 1 is 1.21 bits per heavy atom. The molecule has 0 atom stereocenters. The lowest BCUT2D eigenvalue weighted by Gasteiger charge is -2.55. The van der Waals surface area contributed by atoms with Crippen molar-refractivity contribution in [3.05, 3.63) is 18.5 Å². The maximum Gasteiger partial charge on any atom is 0.225 e. The Balaban J connectivity index is 1.61. The molecule has 1 aliphatic heterocycles. The minimum Gasteiger partial charge on any atom is -0.338 e. The van der Waals surface area contributed by atoms with Gasteiger partial charge >= 0.3 is 0 Å². The predicted molar refractivity (Wildman–Crippen MR) is 76.0 cm³/mol. The van der Waals surface area contributed by atoms with E-state index in [1.54, 1.807) is 0 Å². The summed E-state index contributed by atoms with van der Waals surface area (Å²) in [6.07, 6.45) is 6.13. The number of nitrogens with zero attached hydrogens (tertiary/aromatic N) is 4. The molecule has 2 fully saturated rings. The molecule has 1 saturated heterocycles. The third-order valence-electron chi connectivity index (χ3n) is 4.62. The molecule has 0 amide bonds. The Morgan fingerprint density at radius 3 is 2.37 bits per heavy atom. The number of aromatic nitrogens is 2. The van der Waals surface area contributed by atoms with Gasteiger partial charge < -0.3 is 10.6 Å². The number of nitrogens with two attached hydrogens (primary N) is 1. The fourth-order valence-electron chi connectivity index (χ4n) is 3.63. The van der Waals surface area contributed by atoms with Gasteiger partial charge in [0, 0.05) is 50.7 Å². The number of hydrogen-bond acceptors (Lipinski definition) is 5. The zero-order chi connectivity index (χ0) is 13.3. The van der Waals surface area contributed by atoms with E-state index in [0.717, 1.165) is 44.6 Å². The number of piperazine rings is 1. The average molecular weight is 261 g/mol. The van der Waals surface area contributed by atoms with Crippen molar-refractivity contribution < 1.29 is 0 Å². The molecule has 1 aliphatic carbocycles. The van der Waals surface area contributed by atoms with Crippen LogP contribution in [0.25, 0.3) is 0 Å². The number of anilines is 1. The Bertz CT molecular complexity index is 407. The van der Waals surface area contributed by atoms with Crippen LogP contribution in [0.4, 0.5) is 5.95 Å². The summed E-state index contributed by atoms with van der Waals surface area (Å²) in [5.74, 6) is 1.69. The van der Waals surface area contributed by atoms with Gasteiger partial charge in [0.25, 0.3) is 0 Å². The first-order valence-electron chi connectivity index (χ1n) is 7.21. The largest absolute Gasteiger partial charge is 0.338 e. The zero-order valence-electron chi connectivity index (χ0n) is 11.6. The van der Waals surface area contributed by atoms with Crippen LogP contribution in [-0.2, 0) is 0 Å². The van der Waals surface area contributed by atoms with Crippen LogP contribution in [0, 0.1) is 5.92 Å². The van der Waals surface area contributed by atoms with Gasteiger partial charge in [0.05, 0.1) is 0 Å². The van der Waals surface area contributed by atoms with E-state index >= 15 is 0 Å². The summed E-state index contributed by atoms with van der Waals surface area (Å²) in [5, 5.41) is 0. The molecule has 2 aliphatic rings. The van der Waals surface area contributed by atoms with Gasteiger partial charge in [-0.25, -0.2) is 9.97 Å². The van der Waals surface area contributed by atoms with Gasteiger partial charge in [-0.05, 0) is 24.8 Å². The smallest absolute Gasteiger partial charge is 0.225 e. The van der Waals surface area contributed by atoms with Crippen molar-refractivity contribution >= 4 is 5.95 Å². The quantitative estimate of drug-likeness (QED) is 0.869. The summed E-state index contributed by atoms with van der Waals surface area (Å²) < 4.78 is 0. The van der Waals surface area contributed by atoms with Crippen LogP contribution in [0.5, 0.6) is 0 Å². The van der Waals surface area contributed by atoms with Gasteiger partial charge in [-0.15, -0.1) is 0 Å². The zero-order valence-corrected chi connectivity index (χ0v) is 11.6. The molecular weight excluding hydrogens is 238 g/mol. The molecule has 104 valence electrons. The summed E-state index contributed by atoms with van der Waals surface area (Å²) >= 11 is 0. The molecule has 19 heavy (non-hydrogen) atoms. The molecule has 0 radical (unpaired) electrons. The topological polar surface area (TPSA) is 58.3 Å². The molecule has 2 N–H and O–H groups in total. The van der Waals surface area contributed by atoms with Gasteiger partial charge in [-0.1, -0.05) is 6.92 Å². The van der Waals surface area contributed by atoms with Crippen molar-refractivity contribution in [2.24, 2.45) is 11.7 Å². The molecule has 5 nitrogen and oxygen atoms in total. The summed E-state index contributed by atoms with van der Waals surface area (Å²) in [6.45, 7) is 7.26. The van der Waals surface area contributed by atoms with Crippen LogP contribution in [0.2, 0.25) is 0 Å². The fourth-order valence-corrected chi connectivity index (χ4v) is 3.63. The molecule has 1 aromatic rings. The van der Waals surface area contributed by atoms with Crippen LogP contribution < -0.4 is 10.6 Å². The molecular formula is C14H23N5. The van der Waals surface area contributed by atoms with E-state index in [9.17, 15) is 0 Å². The maximum absolute atomic E-state index is 6.03. The third kappa shape index (κ3) is 2.32. The summed E-state index contributed by atoms with van der Waals surface area (Å²) in [4.78, 5) is 13.5. The molecule has 5 heteroatoms. The highest BCUT2D eigenvalue weighted by molar-refractivity contribution is 5.29. The van der Waals surface area contributed by atoms with Crippen molar-refractivity contribution in [3.63, 3.8) is 0 Å². The van der Waals surface area contributed by atoms with E-state index in [-0.39, 0.29) is 5.54 Å². The summed E-state index contributed by atoms with van der Waals surface area (Å²) in [7, 11) is 0. The Hall–Kier alpha value is -1.20. The summed E-state index contributed by atoms with van der Waals surface area (Å²) in [6, 6.07) is 1.86. The minimum atomic E-state index is 0.281. The number of hydrogen-bond donors (Lipinski definition) is 1. The Morgan fingerprint density at radius 2 is 1.84 bits per heavy atom. The second kappa shape index (κ2) is 5.06. The van der Waals surface area contributed by atoms with Crippen molar-refractivity contribution in [1.82, 2.24) is 14.9 Å². The predicted octanol–water partition coefficient (Wildman–Crippen LogP) is 0.726. The standard InChI is InChI=1S/C14H23N5/c1-12-9-14(10-12,11-15)19-7-5-18(6-8-19)13-16-3-2-4-17-13/h2-4,12H,5-11,15H2,1H3. The average Bonchev–Trinajstić information content (AvgIpc) is 2.45. The lowest BCUT2D eigenvalue weighted by molar-refractivity contribution is -0.0160. The molecule has 0 aromatic carbocycles. The van der Waals surface area contributed by atoms with Gasteiger partial charge in [0.1, 0.15) is 0 Å². The normalized spacial score (nSPS) is 32.1.